The molecule has 1 atom stereocenters. The summed E-state index contributed by atoms with van der Waals surface area (Å²) in [5.41, 5.74) is 2.39. The average molecular weight is 353 g/mol. The van der Waals surface area contributed by atoms with E-state index in [1.807, 2.05) is 30.5 Å². The van der Waals surface area contributed by atoms with Crippen LogP contribution < -0.4 is 4.90 Å². The van der Waals surface area contributed by atoms with E-state index >= 15 is 0 Å². The van der Waals surface area contributed by atoms with Crippen molar-refractivity contribution >= 4 is 16.9 Å². The summed E-state index contributed by atoms with van der Waals surface area (Å²) in [4.78, 5) is 11.5. The predicted molar refractivity (Wildman–Crippen MR) is 99.2 cm³/mol. The van der Waals surface area contributed by atoms with Gasteiger partial charge in [0.05, 0.1) is 17.2 Å². The number of halogens is 2. The third-order valence-electron chi connectivity index (χ3n) is 5.12. The molecule has 1 fully saturated rings. The van der Waals surface area contributed by atoms with Gasteiger partial charge in [-0.15, -0.1) is 0 Å². The predicted octanol–water partition coefficient (Wildman–Crippen LogP) is 4.76. The van der Waals surface area contributed by atoms with Crippen molar-refractivity contribution in [2.75, 3.05) is 18.0 Å². The number of aryl methyl sites for hydroxylation is 1. The van der Waals surface area contributed by atoms with Crippen LogP contribution >= 0.6 is 0 Å². The molecule has 0 spiro atoms. The fraction of sp³-hybridized carbons (Fsp3) is 0.333. The Balaban J connectivity index is 1.43. The first kappa shape index (κ1) is 16.9. The highest BCUT2D eigenvalue weighted by Crippen LogP contribution is 2.26. The molecule has 2 heterocycles. The van der Waals surface area contributed by atoms with Crippen LogP contribution in [0.5, 0.6) is 0 Å². The summed E-state index contributed by atoms with van der Waals surface area (Å²) >= 11 is 0. The number of para-hydroxylation sites is 2. The van der Waals surface area contributed by atoms with E-state index < -0.39 is 11.6 Å². The number of benzene rings is 2. The third kappa shape index (κ3) is 3.66. The van der Waals surface area contributed by atoms with Gasteiger partial charge in [-0.1, -0.05) is 18.2 Å². The second-order valence-corrected chi connectivity index (χ2v) is 6.95. The minimum absolute atomic E-state index is 0.446. The monoisotopic (exact) mass is 353 g/mol. The molecule has 1 aliphatic rings. The normalized spacial score (nSPS) is 17.6. The molecule has 1 aliphatic heterocycles. The lowest BCUT2D eigenvalue weighted by Gasteiger charge is -2.33. The van der Waals surface area contributed by atoms with Gasteiger partial charge >= 0.3 is 0 Å². The Morgan fingerprint density at radius 2 is 1.92 bits per heavy atom. The summed E-state index contributed by atoms with van der Waals surface area (Å²) in [6.45, 7) is 1.87. The molecule has 0 saturated carbocycles. The molecule has 1 aromatic heterocycles. The smallest absolute Gasteiger partial charge is 0.147 e. The Kier molecular flexibility index (Phi) is 4.78. The quantitative estimate of drug-likeness (QED) is 0.677. The Morgan fingerprint density at radius 1 is 1.08 bits per heavy atom. The van der Waals surface area contributed by atoms with Gasteiger partial charge in [0, 0.05) is 19.2 Å². The van der Waals surface area contributed by atoms with Gasteiger partial charge in [-0.25, -0.2) is 13.8 Å². The fourth-order valence-electron chi connectivity index (χ4n) is 3.69. The maximum atomic E-state index is 13.8. The van der Waals surface area contributed by atoms with Gasteiger partial charge in [-0.05, 0) is 55.4 Å². The highest BCUT2D eigenvalue weighted by atomic mass is 19.1. The number of anilines is 1. The number of rotatable bonds is 4. The second-order valence-electron chi connectivity index (χ2n) is 6.95. The second kappa shape index (κ2) is 7.36. The van der Waals surface area contributed by atoms with Crippen LogP contribution in [0.15, 0.2) is 48.7 Å². The highest BCUT2D eigenvalue weighted by Gasteiger charge is 2.21. The molecule has 0 radical (unpaired) electrons. The Bertz CT molecular complexity index is 913. The summed E-state index contributed by atoms with van der Waals surface area (Å²) in [5, 5.41) is 0. The van der Waals surface area contributed by atoms with E-state index in [-0.39, 0.29) is 0 Å². The molecule has 1 saturated heterocycles. The van der Waals surface area contributed by atoms with Crippen LogP contribution in [0.2, 0.25) is 0 Å². The zero-order valence-electron chi connectivity index (χ0n) is 14.5. The van der Waals surface area contributed by atoms with E-state index in [0.29, 0.717) is 17.9 Å². The van der Waals surface area contributed by atoms with E-state index in [4.69, 9.17) is 4.98 Å². The topological polar surface area (TPSA) is 29.0 Å². The third-order valence-corrected chi connectivity index (χ3v) is 5.12. The SMILES string of the molecule is Fc1ccc(CC[C@H]2CCCN(c3cnc4ccccc4n3)C2)c(F)c1. The number of fused-ring (bicyclic) bond motifs is 1. The largest absolute Gasteiger partial charge is 0.355 e. The summed E-state index contributed by atoms with van der Waals surface area (Å²) in [5.74, 6) is 0.408. The van der Waals surface area contributed by atoms with E-state index in [2.05, 4.69) is 9.88 Å². The Hall–Kier alpha value is -2.56. The van der Waals surface area contributed by atoms with Crippen molar-refractivity contribution in [1.29, 1.82) is 0 Å². The van der Waals surface area contributed by atoms with Gasteiger partial charge in [0.2, 0.25) is 0 Å². The highest BCUT2D eigenvalue weighted by molar-refractivity contribution is 5.75. The molecule has 5 heteroatoms. The summed E-state index contributed by atoms with van der Waals surface area (Å²) in [6.07, 6.45) is 5.57. The number of aromatic nitrogens is 2. The van der Waals surface area contributed by atoms with Crippen molar-refractivity contribution in [3.8, 4) is 0 Å². The first-order chi connectivity index (χ1) is 12.7. The molecule has 0 N–H and O–H groups in total. The zero-order valence-corrected chi connectivity index (χ0v) is 14.5. The molecule has 3 aromatic rings. The van der Waals surface area contributed by atoms with Crippen molar-refractivity contribution in [2.45, 2.75) is 25.7 Å². The Labute approximate surface area is 151 Å². The van der Waals surface area contributed by atoms with Gasteiger partial charge in [-0.2, -0.15) is 0 Å². The van der Waals surface area contributed by atoms with Crippen molar-refractivity contribution in [3.05, 3.63) is 65.9 Å². The number of hydrogen-bond acceptors (Lipinski definition) is 3. The van der Waals surface area contributed by atoms with Crippen molar-refractivity contribution in [2.24, 2.45) is 5.92 Å². The van der Waals surface area contributed by atoms with Crippen molar-refractivity contribution < 1.29 is 8.78 Å². The van der Waals surface area contributed by atoms with Gasteiger partial charge in [0.15, 0.2) is 0 Å². The number of piperidine rings is 1. The first-order valence-electron chi connectivity index (χ1n) is 9.10. The van der Waals surface area contributed by atoms with Crippen LogP contribution in [0.1, 0.15) is 24.8 Å². The lowest BCUT2D eigenvalue weighted by Crippen LogP contribution is -2.36. The first-order valence-corrected chi connectivity index (χ1v) is 9.10. The van der Waals surface area contributed by atoms with Gasteiger partial charge < -0.3 is 4.90 Å². The molecule has 4 rings (SSSR count). The molecule has 0 unspecified atom stereocenters. The minimum atomic E-state index is -0.523. The van der Waals surface area contributed by atoms with Crippen molar-refractivity contribution in [3.63, 3.8) is 0 Å². The molecule has 0 amide bonds. The van der Waals surface area contributed by atoms with E-state index in [1.54, 1.807) is 6.07 Å². The van der Waals surface area contributed by atoms with Gasteiger partial charge in [-0.3, -0.25) is 4.98 Å². The molecule has 0 aliphatic carbocycles. The molecule has 26 heavy (non-hydrogen) atoms. The van der Waals surface area contributed by atoms with Gasteiger partial charge in [0.25, 0.3) is 0 Å². The van der Waals surface area contributed by atoms with Gasteiger partial charge in [0.1, 0.15) is 17.5 Å². The maximum absolute atomic E-state index is 13.8. The lowest BCUT2D eigenvalue weighted by atomic mass is 9.91. The molecule has 0 bridgehead atoms. The molecule has 134 valence electrons. The maximum Gasteiger partial charge on any atom is 0.147 e. The van der Waals surface area contributed by atoms with Crippen LogP contribution in [0.4, 0.5) is 14.6 Å². The molecular weight excluding hydrogens is 332 g/mol. The number of nitrogens with zero attached hydrogens (tertiary/aromatic N) is 3. The molecule has 2 aromatic carbocycles. The van der Waals surface area contributed by atoms with Crippen LogP contribution in [-0.4, -0.2) is 23.1 Å². The van der Waals surface area contributed by atoms with Crippen LogP contribution in [0.25, 0.3) is 11.0 Å². The molecular formula is C21H21F2N3. The summed E-state index contributed by atoms with van der Waals surface area (Å²) in [6, 6.07) is 11.7. The van der Waals surface area contributed by atoms with Crippen molar-refractivity contribution in [1.82, 2.24) is 9.97 Å². The molecule has 3 nitrogen and oxygen atoms in total. The number of hydrogen-bond donors (Lipinski definition) is 0. The summed E-state index contributed by atoms with van der Waals surface area (Å²) < 4.78 is 26.9. The van der Waals surface area contributed by atoms with Crippen LogP contribution in [0.3, 0.4) is 0 Å². The van der Waals surface area contributed by atoms with E-state index in [1.165, 1.54) is 6.07 Å². The summed E-state index contributed by atoms with van der Waals surface area (Å²) in [7, 11) is 0. The van der Waals surface area contributed by atoms with E-state index in [9.17, 15) is 8.78 Å². The van der Waals surface area contributed by atoms with E-state index in [0.717, 1.165) is 55.3 Å². The average Bonchev–Trinajstić information content (AvgIpc) is 2.67. The minimum Gasteiger partial charge on any atom is -0.355 e. The fourth-order valence-corrected chi connectivity index (χ4v) is 3.69. The Morgan fingerprint density at radius 3 is 2.77 bits per heavy atom. The standard InChI is InChI=1S/C21H21F2N3/c22-17-10-9-16(18(23)12-17)8-7-15-4-3-11-26(14-15)21-13-24-19-5-1-2-6-20(19)25-21/h1-2,5-6,9-10,12-13,15H,3-4,7-8,11,14H2/t15-/m1/s1. The van der Waals surface area contributed by atoms with Crippen LogP contribution in [0, 0.1) is 17.6 Å². The van der Waals surface area contributed by atoms with Crippen LogP contribution in [-0.2, 0) is 6.42 Å². The lowest BCUT2D eigenvalue weighted by molar-refractivity contribution is 0.388. The zero-order chi connectivity index (χ0) is 17.9.